The largest absolute Gasteiger partial charge is 0.491 e. The topological polar surface area (TPSA) is 114 Å². The number of benzene rings is 2. The molecule has 0 bridgehead atoms. The van der Waals surface area contributed by atoms with Crippen LogP contribution in [0.1, 0.15) is 6.42 Å². The Morgan fingerprint density at radius 2 is 1.83 bits per heavy atom. The second kappa shape index (κ2) is 9.50. The van der Waals surface area contributed by atoms with Crippen LogP contribution in [0.25, 0.3) is 0 Å². The molecule has 0 fully saturated rings. The number of urea groups is 1. The number of hydrogen-bond acceptors (Lipinski definition) is 6. The van der Waals surface area contributed by atoms with Crippen molar-refractivity contribution in [3.8, 4) is 5.75 Å². The van der Waals surface area contributed by atoms with E-state index in [4.69, 9.17) is 9.47 Å². The van der Waals surface area contributed by atoms with Crippen molar-refractivity contribution in [1.82, 2.24) is 5.32 Å². The molecule has 30 heavy (non-hydrogen) atoms. The highest BCUT2D eigenvalue weighted by Crippen LogP contribution is 2.30. The lowest BCUT2D eigenvalue weighted by Crippen LogP contribution is -2.39. The summed E-state index contributed by atoms with van der Waals surface area (Å²) in [7, 11) is 0. The number of para-hydroxylation sites is 3. The van der Waals surface area contributed by atoms with Crippen molar-refractivity contribution < 1.29 is 33.0 Å². The number of esters is 1. The molecule has 0 aliphatic carbocycles. The SMILES string of the molecule is O=C(COC(=O)CN1C(=O)CCOc2ccccc21)NC(=O)Nc1ccccc1F. The van der Waals surface area contributed by atoms with Gasteiger partial charge in [0.25, 0.3) is 5.91 Å². The summed E-state index contributed by atoms with van der Waals surface area (Å²) in [6.45, 7) is -0.988. The molecular weight excluding hydrogens is 397 g/mol. The number of nitrogens with zero attached hydrogens (tertiary/aromatic N) is 1. The van der Waals surface area contributed by atoms with Crippen LogP contribution in [0, 0.1) is 5.82 Å². The zero-order valence-electron chi connectivity index (χ0n) is 15.7. The molecule has 2 N–H and O–H groups in total. The van der Waals surface area contributed by atoms with Gasteiger partial charge in [-0.1, -0.05) is 24.3 Å². The van der Waals surface area contributed by atoms with Gasteiger partial charge in [-0.05, 0) is 24.3 Å². The van der Waals surface area contributed by atoms with Crippen LogP contribution in [0.15, 0.2) is 48.5 Å². The van der Waals surface area contributed by atoms with Crippen LogP contribution in [0.2, 0.25) is 0 Å². The number of anilines is 2. The fourth-order valence-electron chi connectivity index (χ4n) is 2.69. The van der Waals surface area contributed by atoms with Crippen molar-refractivity contribution >= 4 is 35.2 Å². The third-order valence-electron chi connectivity index (χ3n) is 4.06. The van der Waals surface area contributed by atoms with Crippen LogP contribution in [0.4, 0.5) is 20.6 Å². The van der Waals surface area contributed by atoms with E-state index in [2.05, 4.69) is 5.32 Å². The third-order valence-corrected chi connectivity index (χ3v) is 4.06. The van der Waals surface area contributed by atoms with E-state index >= 15 is 0 Å². The second-order valence-corrected chi connectivity index (χ2v) is 6.19. The average Bonchev–Trinajstić information content (AvgIpc) is 2.87. The maximum Gasteiger partial charge on any atom is 0.326 e. The highest BCUT2D eigenvalue weighted by atomic mass is 19.1. The van der Waals surface area contributed by atoms with E-state index in [1.807, 2.05) is 5.32 Å². The molecule has 3 rings (SSSR count). The lowest BCUT2D eigenvalue weighted by molar-refractivity contribution is -0.147. The molecular formula is C20H18FN3O6. The van der Waals surface area contributed by atoms with Gasteiger partial charge in [0.05, 0.1) is 24.4 Å². The molecule has 0 saturated heterocycles. The number of carbonyl (C=O) groups is 4. The van der Waals surface area contributed by atoms with Gasteiger partial charge in [0, 0.05) is 0 Å². The van der Waals surface area contributed by atoms with Crippen LogP contribution < -0.4 is 20.3 Å². The Hall–Kier alpha value is -3.95. The Morgan fingerprint density at radius 3 is 2.63 bits per heavy atom. The number of nitrogens with one attached hydrogen (secondary N) is 2. The highest BCUT2D eigenvalue weighted by molar-refractivity contribution is 6.02. The molecule has 1 aliphatic heterocycles. The van der Waals surface area contributed by atoms with Crippen LogP contribution in [-0.2, 0) is 19.1 Å². The monoisotopic (exact) mass is 415 g/mol. The lowest BCUT2D eigenvalue weighted by Gasteiger charge is -2.20. The number of amides is 4. The molecule has 0 unspecified atom stereocenters. The van der Waals surface area contributed by atoms with Gasteiger partial charge in [-0.15, -0.1) is 0 Å². The Kier molecular flexibility index (Phi) is 6.58. The van der Waals surface area contributed by atoms with E-state index in [0.29, 0.717) is 11.4 Å². The Bertz CT molecular complexity index is 981. The molecule has 0 saturated carbocycles. The summed E-state index contributed by atoms with van der Waals surface area (Å²) in [4.78, 5) is 49.1. The standard InChI is InChI=1S/C20H18FN3O6/c21-13-5-1-2-6-14(13)22-20(28)23-17(25)12-30-19(27)11-24-15-7-3-4-8-16(15)29-10-9-18(24)26/h1-8H,9-12H2,(H2,22,23,25,28). The molecule has 1 heterocycles. The van der Waals surface area contributed by atoms with Gasteiger partial charge in [0.1, 0.15) is 18.1 Å². The third kappa shape index (κ3) is 5.31. The minimum absolute atomic E-state index is 0.0820. The second-order valence-electron chi connectivity index (χ2n) is 6.19. The summed E-state index contributed by atoms with van der Waals surface area (Å²) in [5.74, 6) is -2.30. The fourth-order valence-corrected chi connectivity index (χ4v) is 2.69. The van der Waals surface area contributed by atoms with E-state index in [-0.39, 0.29) is 24.6 Å². The number of imide groups is 1. The molecule has 0 atom stereocenters. The number of fused-ring (bicyclic) bond motifs is 1. The first-order valence-corrected chi connectivity index (χ1v) is 8.97. The summed E-state index contributed by atoms with van der Waals surface area (Å²) in [5, 5.41) is 4.08. The quantitative estimate of drug-likeness (QED) is 0.721. The van der Waals surface area contributed by atoms with E-state index in [0.717, 1.165) is 6.07 Å². The van der Waals surface area contributed by atoms with Gasteiger partial charge in [-0.2, -0.15) is 0 Å². The minimum atomic E-state index is -0.977. The first kappa shape index (κ1) is 20.8. The average molecular weight is 415 g/mol. The summed E-state index contributed by atoms with van der Waals surface area (Å²) < 4.78 is 23.8. The Labute approximate surface area is 170 Å². The predicted octanol–water partition coefficient (Wildman–Crippen LogP) is 1.83. The smallest absolute Gasteiger partial charge is 0.326 e. The number of rotatable bonds is 5. The molecule has 9 nitrogen and oxygen atoms in total. The van der Waals surface area contributed by atoms with E-state index in [9.17, 15) is 23.6 Å². The summed E-state index contributed by atoms with van der Waals surface area (Å²) in [6.07, 6.45) is 0.0820. The van der Waals surface area contributed by atoms with E-state index in [1.54, 1.807) is 24.3 Å². The van der Waals surface area contributed by atoms with E-state index < -0.39 is 36.9 Å². The molecule has 1 aliphatic rings. The Balaban J connectivity index is 1.50. The van der Waals surface area contributed by atoms with Gasteiger partial charge >= 0.3 is 12.0 Å². The van der Waals surface area contributed by atoms with Crippen LogP contribution >= 0.6 is 0 Å². The van der Waals surface area contributed by atoms with Gasteiger partial charge in [-0.3, -0.25) is 24.6 Å². The molecule has 10 heteroatoms. The molecule has 0 radical (unpaired) electrons. The molecule has 156 valence electrons. The fraction of sp³-hybridized carbons (Fsp3) is 0.200. The van der Waals surface area contributed by atoms with Crippen LogP contribution in [-0.4, -0.2) is 43.6 Å². The van der Waals surface area contributed by atoms with Crippen molar-refractivity contribution in [2.45, 2.75) is 6.42 Å². The first-order valence-electron chi connectivity index (χ1n) is 8.97. The summed E-state index contributed by atoms with van der Waals surface area (Å²) in [5.41, 5.74) is 0.311. The molecule has 4 amide bonds. The lowest BCUT2D eigenvalue weighted by atomic mass is 10.2. The maximum atomic E-state index is 13.5. The van der Waals surface area contributed by atoms with Crippen molar-refractivity contribution in [1.29, 1.82) is 0 Å². The summed E-state index contributed by atoms with van der Waals surface area (Å²) in [6, 6.07) is 11.2. The number of carbonyl (C=O) groups excluding carboxylic acids is 4. The van der Waals surface area contributed by atoms with Gasteiger partial charge < -0.3 is 14.8 Å². The molecule has 0 aromatic heterocycles. The van der Waals surface area contributed by atoms with Crippen molar-refractivity contribution in [3.05, 3.63) is 54.3 Å². The zero-order chi connectivity index (χ0) is 21.5. The summed E-state index contributed by atoms with van der Waals surface area (Å²) >= 11 is 0. The molecule has 0 spiro atoms. The maximum absolute atomic E-state index is 13.5. The van der Waals surface area contributed by atoms with Crippen molar-refractivity contribution in [2.24, 2.45) is 0 Å². The van der Waals surface area contributed by atoms with Crippen molar-refractivity contribution in [3.63, 3.8) is 0 Å². The van der Waals surface area contributed by atoms with Gasteiger partial charge in [0.2, 0.25) is 5.91 Å². The van der Waals surface area contributed by atoms with Gasteiger partial charge in [-0.25, -0.2) is 9.18 Å². The Morgan fingerprint density at radius 1 is 1.10 bits per heavy atom. The van der Waals surface area contributed by atoms with Gasteiger partial charge in [0.15, 0.2) is 6.61 Å². The molecule has 2 aromatic carbocycles. The van der Waals surface area contributed by atoms with Crippen LogP contribution in [0.3, 0.4) is 0 Å². The first-order chi connectivity index (χ1) is 14.4. The van der Waals surface area contributed by atoms with Crippen LogP contribution in [0.5, 0.6) is 5.75 Å². The number of halogens is 1. The normalized spacial score (nSPS) is 12.8. The number of hydrogen-bond donors (Lipinski definition) is 2. The highest BCUT2D eigenvalue weighted by Gasteiger charge is 2.26. The minimum Gasteiger partial charge on any atom is -0.491 e. The number of ether oxygens (including phenoxy) is 2. The zero-order valence-corrected chi connectivity index (χ0v) is 15.7. The van der Waals surface area contributed by atoms with E-state index in [1.165, 1.54) is 23.1 Å². The molecule has 2 aromatic rings. The van der Waals surface area contributed by atoms with Crippen molar-refractivity contribution in [2.75, 3.05) is 30.0 Å². The predicted molar refractivity (Wildman–Crippen MR) is 103 cm³/mol.